The fourth-order valence-corrected chi connectivity index (χ4v) is 4.82. The molecule has 2 saturated carbocycles. The van der Waals surface area contributed by atoms with Crippen molar-refractivity contribution >= 4 is 23.0 Å². The molecule has 0 spiro atoms. The fourth-order valence-electron chi connectivity index (χ4n) is 4.13. The first-order valence-corrected chi connectivity index (χ1v) is 8.87. The Labute approximate surface area is 130 Å². The highest BCUT2D eigenvalue weighted by molar-refractivity contribution is 7.12. The molecule has 0 radical (unpaired) electrons. The number of thiophene rings is 1. The van der Waals surface area contributed by atoms with E-state index in [-0.39, 0.29) is 17.7 Å². The van der Waals surface area contributed by atoms with Crippen molar-refractivity contribution in [2.75, 3.05) is 0 Å². The van der Waals surface area contributed by atoms with Gasteiger partial charge in [-0.25, -0.2) is 0 Å². The summed E-state index contributed by atoms with van der Waals surface area (Å²) in [4.78, 5) is 24.7. The van der Waals surface area contributed by atoms with Gasteiger partial charge in [-0.15, -0.1) is 11.3 Å². The summed E-state index contributed by atoms with van der Waals surface area (Å²) in [6.45, 7) is 2.13. The molecule has 1 heterocycles. The number of rotatable bonds is 6. The lowest BCUT2D eigenvalue weighted by atomic mass is 9.84. The van der Waals surface area contributed by atoms with Crippen LogP contribution in [0.4, 0.5) is 0 Å². The van der Waals surface area contributed by atoms with Gasteiger partial charge >= 0.3 is 0 Å². The summed E-state index contributed by atoms with van der Waals surface area (Å²) in [7, 11) is 0. The third kappa shape index (κ3) is 3.37. The monoisotopic (exact) mass is 305 g/mol. The van der Waals surface area contributed by atoms with Gasteiger partial charge in [0.2, 0.25) is 5.91 Å². The predicted octanol–water partition coefficient (Wildman–Crippen LogP) is 3.65. The highest BCUT2D eigenvalue weighted by atomic mass is 32.1. The summed E-state index contributed by atoms with van der Waals surface area (Å²) < 4.78 is 0. The van der Waals surface area contributed by atoms with Crippen molar-refractivity contribution in [1.82, 2.24) is 5.32 Å². The van der Waals surface area contributed by atoms with E-state index >= 15 is 0 Å². The fraction of sp³-hybridized carbons (Fsp3) is 0.647. The molecule has 4 heteroatoms. The summed E-state index contributed by atoms with van der Waals surface area (Å²) in [5.74, 6) is 2.47. The quantitative estimate of drug-likeness (QED) is 0.815. The number of ketones is 1. The van der Waals surface area contributed by atoms with Crippen LogP contribution in [0.1, 0.15) is 55.1 Å². The lowest BCUT2D eigenvalue weighted by molar-refractivity contribution is -0.122. The van der Waals surface area contributed by atoms with Crippen LogP contribution in [0.15, 0.2) is 17.5 Å². The molecular weight excluding hydrogens is 282 g/mol. The first-order chi connectivity index (χ1) is 10.1. The zero-order chi connectivity index (χ0) is 14.8. The first-order valence-electron chi connectivity index (χ1n) is 7.99. The number of nitrogens with one attached hydrogen (secondary N) is 1. The van der Waals surface area contributed by atoms with Gasteiger partial charge in [-0.05, 0) is 55.4 Å². The molecule has 114 valence electrons. The van der Waals surface area contributed by atoms with Gasteiger partial charge in [0.1, 0.15) is 0 Å². The molecule has 2 aliphatic rings. The lowest BCUT2D eigenvalue weighted by Gasteiger charge is -2.28. The number of hydrogen-bond acceptors (Lipinski definition) is 3. The molecule has 0 aromatic carbocycles. The van der Waals surface area contributed by atoms with E-state index < -0.39 is 0 Å². The van der Waals surface area contributed by atoms with E-state index in [1.165, 1.54) is 37.0 Å². The summed E-state index contributed by atoms with van der Waals surface area (Å²) in [5, 5.41) is 5.01. The zero-order valence-corrected chi connectivity index (χ0v) is 13.3. The maximum absolute atomic E-state index is 12.0. The van der Waals surface area contributed by atoms with Gasteiger partial charge in [0.05, 0.1) is 4.88 Å². The smallest absolute Gasteiger partial charge is 0.220 e. The maximum atomic E-state index is 12.0. The van der Waals surface area contributed by atoms with Crippen LogP contribution in [0, 0.1) is 17.8 Å². The van der Waals surface area contributed by atoms with Crippen LogP contribution in [0.2, 0.25) is 0 Å². The SMILES string of the molecule is CC(NC(=O)CCC(=O)c1cccs1)C1CC2CCC1C2. The molecule has 0 aliphatic heterocycles. The van der Waals surface area contributed by atoms with E-state index in [2.05, 4.69) is 12.2 Å². The normalized spacial score (nSPS) is 28.5. The van der Waals surface area contributed by atoms with Gasteiger partial charge in [-0.3, -0.25) is 9.59 Å². The van der Waals surface area contributed by atoms with Gasteiger partial charge in [-0.1, -0.05) is 12.5 Å². The Kier molecular flexibility index (Phi) is 4.43. The number of Topliss-reactive ketones (excluding diaryl/α,β-unsaturated/α-hetero) is 1. The molecule has 1 amide bonds. The van der Waals surface area contributed by atoms with Crippen molar-refractivity contribution in [3.8, 4) is 0 Å². The Morgan fingerprint density at radius 1 is 1.33 bits per heavy atom. The van der Waals surface area contributed by atoms with Gasteiger partial charge in [0.25, 0.3) is 0 Å². The number of carbonyl (C=O) groups is 2. The average molecular weight is 305 g/mol. The molecule has 4 atom stereocenters. The van der Waals surface area contributed by atoms with E-state index in [1.807, 2.05) is 17.5 Å². The molecule has 4 unspecified atom stereocenters. The minimum Gasteiger partial charge on any atom is -0.353 e. The Hall–Kier alpha value is -1.16. The number of fused-ring (bicyclic) bond motifs is 2. The zero-order valence-electron chi connectivity index (χ0n) is 12.5. The Morgan fingerprint density at radius 2 is 2.19 bits per heavy atom. The third-order valence-electron chi connectivity index (χ3n) is 5.20. The molecule has 2 bridgehead atoms. The van der Waals surface area contributed by atoms with Crippen LogP contribution in [0.5, 0.6) is 0 Å². The lowest BCUT2D eigenvalue weighted by Crippen LogP contribution is -2.40. The van der Waals surface area contributed by atoms with Crippen molar-refractivity contribution in [3.63, 3.8) is 0 Å². The average Bonchev–Trinajstić information content (AvgIpc) is 3.20. The molecule has 1 aromatic rings. The second kappa shape index (κ2) is 6.30. The van der Waals surface area contributed by atoms with Crippen molar-refractivity contribution in [3.05, 3.63) is 22.4 Å². The van der Waals surface area contributed by atoms with Gasteiger partial charge in [0.15, 0.2) is 5.78 Å². The third-order valence-corrected chi connectivity index (χ3v) is 6.11. The largest absolute Gasteiger partial charge is 0.353 e. The second-order valence-corrected chi connectivity index (χ2v) is 7.54. The van der Waals surface area contributed by atoms with Gasteiger partial charge < -0.3 is 5.32 Å². The van der Waals surface area contributed by atoms with Gasteiger partial charge in [0, 0.05) is 18.9 Å². The predicted molar refractivity (Wildman–Crippen MR) is 84.4 cm³/mol. The molecule has 1 N–H and O–H groups in total. The van der Waals surface area contributed by atoms with E-state index in [0.717, 1.165) is 16.7 Å². The molecule has 21 heavy (non-hydrogen) atoms. The van der Waals surface area contributed by atoms with E-state index in [9.17, 15) is 9.59 Å². The molecule has 3 rings (SSSR count). The summed E-state index contributed by atoms with van der Waals surface area (Å²) in [5.41, 5.74) is 0. The van der Waals surface area contributed by atoms with Gasteiger partial charge in [-0.2, -0.15) is 0 Å². The molecule has 1 aromatic heterocycles. The molecular formula is C17H23NO2S. The Bertz CT molecular complexity index is 511. The topological polar surface area (TPSA) is 46.2 Å². The van der Waals surface area contributed by atoms with Crippen LogP contribution < -0.4 is 5.32 Å². The van der Waals surface area contributed by atoms with Crippen LogP contribution >= 0.6 is 11.3 Å². The Morgan fingerprint density at radius 3 is 2.81 bits per heavy atom. The molecule has 2 fully saturated rings. The number of hydrogen-bond donors (Lipinski definition) is 1. The summed E-state index contributed by atoms with van der Waals surface area (Å²) >= 11 is 1.44. The Balaban J connectivity index is 1.43. The van der Waals surface area contributed by atoms with Crippen LogP contribution in [-0.2, 0) is 4.79 Å². The highest BCUT2D eigenvalue weighted by Gasteiger charge is 2.42. The van der Waals surface area contributed by atoms with E-state index in [0.29, 0.717) is 18.8 Å². The molecule has 0 saturated heterocycles. The number of carbonyl (C=O) groups excluding carboxylic acids is 2. The molecule has 2 aliphatic carbocycles. The standard InChI is InChI=1S/C17H23NO2S/c1-11(14-10-12-4-5-13(14)9-12)18-17(20)7-6-15(19)16-3-2-8-21-16/h2-3,8,11-14H,4-7,9-10H2,1H3,(H,18,20). The van der Waals surface area contributed by atoms with E-state index in [4.69, 9.17) is 0 Å². The minimum atomic E-state index is 0.0233. The van der Waals surface area contributed by atoms with Crippen molar-refractivity contribution in [1.29, 1.82) is 0 Å². The van der Waals surface area contributed by atoms with Crippen LogP contribution in [0.3, 0.4) is 0 Å². The van der Waals surface area contributed by atoms with E-state index in [1.54, 1.807) is 0 Å². The second-order valence-electron chi connectivity index (χ2n) is 6.60. The van der Waals surface area contributed by atoms with Crippen molar-refractivity contribution in [2.24, 2.45) is 17.8 Å². The number of amides is 1. The molecule has 3 nitrogen and oxygen atoms in total. The van der Waals surface area contributed by atoms with Crippen molar-refractivity contribution in [2.45, 2.75) is 51.5 Å². The summed E-state index contributed by atoms with van der Waals surface area (Å²) in [6, 6.07) is 3.95. The summed E-state index contributed by atoms with van der Waals surface area (Å²) in [6.07, 6.45) is 5.99. The highest BCUT2D eigenvalue weighted by Crippen LogP contribution is 2.49. The first kappa shape index (κ1) is 14.8. The van der Waals surface area contributed by atoms with Crippen molar-refractivity contribution < 1.29 is 9.59 Å². The minimum absolute atomic E-state index is 0.0233. The maximum Gasteiger partial charge on any atom is 0.220 e. The van der Waals surface area contributed by atoms with Crippen LogP contribution in [0.25, 0.3) is 0 Å². The van der Waals surface area contributed by atoms with Crippen LogP contribution in [-0.4, -0.2) is 17.7 Å².